The molecule has 25 heavy (non-hydrogen) atoms. The molecule has 0 unspecified atom stereocenters. The zero-order chi connectivity index (χ0) is 17.4. The number of benzene rings is 2. The molecule has 7 nitrogen and oxygen atoms in total. The van der Waals surface area contributed by atoms with Crippen LogP contribution in [0.4, 0.5) is 15.6 Å². The Morgan fingerprint density at radius 2 is 2.12 bits per heavy atom. The van der Waals surface area contributed by atoms with Crippen LogP contribution in [0.2, 0.25) is 0 Å². The lowest BCUT2D eigenvalue weighted by Gasteiger charge is -2.05. The van der Waals surface area contributed by atoms with E-state index < -0.39 is 0 Å². The number of fused-ring (bicyclic) bond motifs is 2. The molecule has 2 aromatic carbocycles. The summed E-state index contributed by atoms with van der Waals surface area (Å²) >= 11 is 1.32. The number of thiazole rings is 1. The second kappa shape index (κ2) is 5.89. The molecule has 0 saturated heterocycles. The van der Waals surface area contributed by atoms with Crippen LogP contribution in [-0.2, 0) is 7.05 Å². The smallest absolute Gasteiger partial charge is 0.308 e. The molecule has 0 spiro atoms. The molecule has 0 saturated carbocycles. The Bertz CT molecular complexity index is 1150. The number of anilines is 2. The fraction of sp³-hybridized carbons (Fsp3) is 0.0588. The van der Waals surface area contributed by atoms with E-state index in [1.54, 1.807) is 29.1 Å². The summed E-state index contributed by atoms with van der Waals surface area (Å²) in [6, 6.07) is 12.5. The van der Waals surface area contributed by atoms with Crippen molar-refractivity contribution in [2.45, 2.75) is 0 Å². The van der Waals surface area contributed by atoms with E-state index in [1.807, 2.05) is 25.2 Å². The maximum absolute atomic E-state index is 12.2. The minimum Gasteiger partial charge on any atom is -0.308 e. The van der Waals surface area contributed by atoms with E-state index in [2.05, 4.69) is 26.8 Å². The van der Waals surface area contributed by atoms with Crippen molar-refractivity contribution in [3.63, 3.8) is 0 Å². The molecule has 0 bridgehead atoms. The summed E-state index contributed by atoms with van der Waals surface area (Å²) in [7, 11) is 1.85. The van der Waals surface area contributed by atoms with Gasteiger partial charge in [-0.1, -0.05) is 11.3 Å². The highest BCUT2D eigenvalue weighted by Crippen LogP contribution is 2.27. The van der Waals surface area contributed by atoms with Crippen LogP contribution in [0.25, 0.3) is 21.1 Å². The van der Waals surface area contributed by atoms with Gasteiger partial charge in [0.15, 0.2) is 5.13 Å². The number of aromatic nitrogens is 3. The van der Waals surface area contributed by atoms with Gasteiger partial charge in [-0.3, -0.25) is 10.00 Å². The maximum Gasteiger partial charge on any atom is 0.325 e. The number of nitrogens with one attached hydrogen (secondary N) is 2. The Morgan fingerprint density at radius 3 is 2.96 bits per heavy atom. The molecule has 0 atom stereocenters. The van der Waals surface area contributed by atoms with Crippen molar-refractivity contribution >= 4 is 49.3 Å². The lowest BCUT2D eigenvalue weighted by Crippen LogP contribution is -2.19. The van der Waals surface area contributed by atoms with E-state index in [4.69, 9.17) is 5.26 Å². The molecule has 0 aliphatic heterocycles. The van der Waals surface area contributed by atoms with Crippen molar-refractivity contribution in [2.24, 2.45) is 7.05 Å². The highest BCUT2D eigenvalue weighted by Gasteiger charge is 2.09. The van der Waals surface area contributed by atoms with Crippen LogP contribution in [0, 0.1) is 11.3 Å². The zero-order valence-corrected chi connectivity index (χ0v) is 14.0. The van der Waals surface area contributed by atoms with Gasteiger partial charge >= 0.3 is 6.03 Å². The van der Waals surface area contributed by atoms with Crippen molar-refractivity contribution in [3.8, 4) is 6.07 Å². The number of nitrogens with zero attached hydrogens (tertiary/aromatic N) is 4. The summed E-state index contributed by atoms with van der Waals surface area (Å²) in [6.45, 7) is 0. The van der Waals surface area contributed by atoms with Crippen LogP contribution in [0.1, 0.15) is 5.56 Å². The third kappa shape index (κ3) is 2.88. The zero-order valence-electron chi connectivity index (χ0n) is 13.1. The number of aryl methyl sites for hydroxylation is 1. The molecule has 2 amide bonds. The van der Waals surface area contributed by atoms with Crippen molar-refractivity contribution in [2.75, 3.05) is 10.6 Å². The van der Waals surface area contributed by atoms with E-state index in [1.165, 1.54) is 11.3 Å². The summed E-state index contributed by atoms with van der Waals surface area (Å²) in [6.07, 6.45) is 1.77. The summed E-state index contributed by atoms with van der Waals surface area (Å²) in [4.78, 5) is 16.6. The van der Waals surface area contributed by atoms with Gasteiger partial charge in [0.2, 0.25) is 0 Å². The number of hydrogen-bond donors (Lipinski definition) is 2. The Morgan fingerprint density at radius 1 is 1.24 bits per heavy atom. The first-order valence-corrected chi connectivity index (χ1v) is 8.24. The number of hydrogen-bond acceptors (Lipinski definition) is 5. The molecule has 0 fully saturated rings. The predicted octanol–water partition coefficient (Wildman–Crippen LogP) is 3.70. The summed E-state index contributed by atoms with van der Waals surface area (Å²) in [5.41, 5.74) is 2.91. The molecule has 122 valence electrons. The highest BCUT2D eigenvalue weighted by atomic mass is 32.1. The first kappa shape index (κ1) is 15.1. The Balaban J connectivity index is 1.53. The average molecular weight is 348 g/mol. The lowest BCUT2D eigenvalue weighted by atomic mass is 10.2. The number of nitriles is 1. The van der Waals surface area contributed by atoms with Crippen LogP contribution >= 0.6 is 11.3 Å². The molecule has 4 rings (SSSR count). The van der Waals surface area contributed by atoms with Crippen molar-refractivity contribution in [1.29, 1.82) is 5.26 Å². The van der Waals surface area contributed by atoms with Crippen molar-refractivity contribution < 1.29 is 4.79 Å². The third-order valence-electron chi connectivity index (χ3n) is 3.74. The molecule has 0 aliphatic rings. The van der Waals surface area contributed by atoms with Gasteiger partial charge in [-0.25, -0.2) is 9.78 Å². The number of amides is 2. The first-order chi connectivity index (χ1) is 12.1. The van der Waals surface area contributed by atoms with Crippen LogP contribution in [0.5, 0.6) is 0 Å². The summed E-state index contributed by atoms with van der Waals surface area (Å²) in [5.74, 6) is 0. The second-order valence-electron chi connectivity index (χ2n) is 5.43. The van der Waals surface area contributed by atoms with Gasteiger partial charge in [0.05, 0.1) is 33.6 Å². The van der Waals surface area contributed by atoms with E-state index in [9.17, 15) is 4.79 Å². The van der Waals surface area contributed by atoms with Crippen LogP contribution in [0.3, 0.4) is 0 Å². The van der Waals surface area contributed by atoms with E-state index >= 15 is 0 Å². The van der Waals surface area contributed by atoms with E-state index in [0.29, 0.717) is 16.4 Å². The lowest BCUT2D eigenvalue weighted by molar-refractivity contribution is 0.262. The molecule has 4 aromatic rings. The Hall–Kier alpha value is -3.44. The molecule has 2 heterocycles. The van der Waals surface area contributed by atoms with Crippen LogP contribution in [0.15, 0.2) is 42.6 Å². The van der Waals surface area contributed by atoms with Gasteiger partial charge < -0.3 is 5.32 Å². The predicted molar refractivity (Wildman–Crippen MR) is 97.7 cm³/mol. The first-order valence-electron chi connectivity index (χ1n) is 7.43. The normalized spacial score (nSPS) is 10.7. The maximum atomic E-state index is 12.2. The number of carbonyl (C=O) groups excluding carboxylic acids is 1. The van der Waals surface area contributed by atoms with Gasteiger partial charge in [0.1, 0.15) is 0 Å². The van der Waals surface area contributed by atoms with Crippen molar-refractivity contribution in [3.05, 3.63) is 48.2 Å². The molecular formula is C17H12N6OS. The number of carbonyl (C=O) groups is 1. The molecular weight excluding hydrogens is 336 g/mol. The van der Waals surface area contributed by atoms with E-state index in [0.717, 1.165) is 21.1 Å². The molecule has 2 aromatic heterocycles. The quantitative estimate of drug-likeness (QED) is 0.577. The molecule has 2 N–H and O–H groups in total. The third-order valence-corrected chi connectivity index (χ3v) is 4.68. The average Bonchev–Trinajstić information content (AvgIpc) is 3.17. The minimum atomic E-state index is -0.374. The van der Waals surface area contributed by atoms with Crippen LogP contribution < -0.4 is 10.6 Å². The van der Waals surface area contributed by atoms with Gasteiger partial charge in [-0.15, -0.1) is 0 Å². The van der Waals surface area contributed by atoms with Gasteiger partial charge in [-0.2, -0.15) is 10.4 Å². The number of urea groups is 1. The highest BCUT2D eigenvalue weighted by molar-refractivity contribution is 7.22. The Kier molecular flexibility index (Phi) is 3.56. The van der Waals surface area contributed by atoms with Crippen LogP contribution in [-0.4, -0.2) is 20.8 Å². The minimum absolute atomic E-state index is 0.374. The standard InChI is InChI=1S/C17H12N6OS/c1-23-14-7-12(4-3-11(14)9-19-23)20-16(24)22-17-21-13-5-2-10(8-18)6-15(13)25-17/h2-7,9H,1H3,(H2,20,21,22,24). The van der Waals surface area contributed by atoms with Gasteiger partial charge in [0, 0.05) is 18.1 Å². The fourth-order valence-corrected chi connectivity index (χ4v) is 3.43. The molecule has 0 aliphatic carbocycles. The summed E-state index contributed by atoms with van der Waals surface area (Å²) in [5, 5.41) is 20.1. The number of rotatable bonds is 2. The Labute approximate surface area is 146 Å². The molecule has 8 heteroatoms. The SMILES string of the molecule is Cn1ncc2ccc(NC(=O)Nc3nc4ccc(C#N)cc4s3)cc21. The van der Waals surface area contributed by atoms with Gasteiger partial charge in [-0.05, 0) is 36.4 Å². The largest absolute Gasteiger partial charge is 0.325 e. The monoisotopic (exact) mass is 348 g/mol. The van der Waals surface area contributed by atoms with Crippen molar-refractivity contribution in [1.82, 2.24) is 14.8 Å². The van der Waals surface area contributed by atoms with E-state index in [-0.39, 0.29) is 6.03 Å². The topological polar surface area (TPSA) is 95.6 Å². The molecule has 0 radical (unpaired) electrons. The summed E-state index contributed by atoms with van der Waals surface area (Å²) < 4.78 is 2.60. The fourth-order valence-electron chi connectivity index (χ4n) is 2.53. The van der Waals surface area contributed by atoms with Gasteiger partial charge in [0.25, 0.3) is 0 Å². The second-order valence-corrected chi connectivity index (χ2v) is 6.46.